The molecule has 1 saturated heterocycles. The fourth-order valence-electron chi connectivity index (χ4n) is 5.55. The molecule has 37 heavy (non-hydrogen) atoms. The molecule has 11 heteroatoms. The summed E-state index contributed by atoms with van der Waals surface area (Å²) in [6.07, 6.45) is 4.12. The molecule has 6 rings (SSSR count). The molecule has 3 N–H and O–H groups in total. The minimum atomic E-state index is -0.517. The van der Waals surface area contributed by atoms with Gasteiger partial charge in [-0.25, -0.2) is 14.4 Å². The Hall–Kier alpha value is -3.10. The van der Waals surface area contributed by atoms with Gasteiger partial charge in [0.15, 0.2) is 5.82 Å². The Labute approximate surface area is 222 Å². The maximum atomic E-state index is 16.5. The highest BCUT2D eigenvalue weighted by Gasteiger charge is 2.34. The highest BCUT2D eigenvalue weighted by molar-refractivity contribution is 7.23. The second kappa shape index (κ2) is 9.03. The van der Waals surface area contributed by atoms with Crippen LogP contribution in [0.3, 0.4) is 0 Å². The van der Waals surface area contributed by atoms with Crippen LogP contribution < -0.4 is 16.0 Å². The number of nitriles is 1. The van der Waals surface area contributed by atoms with E-state index in [1.165, 1.54) is 17.5 Å². The van der Waals surface area contributed by atoms with Crippen LogP contribution in [0.15, 0.2) is 12.4 Å². The van der Waals surface area contributed by atoms with Gasteiger partial charge in [0.2, 0.25) is 5.95 Å². The van der Waals surface area contributed by atoms with Crippen LogP contribution in [0.2, 0.25) is 5.02 Å². The van der Waals surface area contributed by atoms with Gasteiger partial charge < -0.3 is 20.7 Å². The molecule has 8 nitrogen and oxygen atoms in total. The zero-order chi connectivity index (χ0) is 26.0. The number of pyridine rings is 1. The summed E-state index contributed by atoms with van der Waals surface area (Å²) in [5.41, 5.74) is 8.69. The minimum Gasteiger partial charge on any atom is -0.389 e. The fourth-order valence-corrected chi connectivity index (χ4v) is 6.73. The molecule has 3 aromatic heterocycles. The molecule has 0 unspecified atom stereocenters. The van der Waals surface area contributed by atoms with Crippen molar-refractivity contribution < 1.29 is 9.13 Å². The molecule has 5 heterocycles. The van der Waals surface area contributed by atoms with Gasteiger partial charge >= 0.3 is 0 Å². The number of nitrogens with one attached hydrogen (secondary N) is 1. The Morgan fingerprint density at radius 2 is 2.08 bits per heavy atom. The van der Waals surface area contributed by atoms with E-state index in [0.717, 1.165) is 18.5 Å². The third-order valence-electron chi connectivity index (χ3n) is 7.29. The van der Waals surface area contributed by atoms with Gasteiger partial charge in [-0.05, 0) is 24.5 Å². The molecule has 0 aliphatic carbocycles. The van der Waals surface area contributed by atoms with E-state index in [1.54, 1.807) is 6.20 Å². The first-order chi connectivity index (χ1) is 17.8. The lowest BCUT2D eigenvalue weighted by molar-refractivity contribution is 0.135. The van der Waals surface area contributed by atoms with Crippen LogP contribution >= 0.6 is 22.9 Å². The average molecular weight is 538 g/mol. The third-order valence-corrected chi connectivity index (χ3v) is 8.74. The van der Waals surface area contributed by atoms with Crippen molar-refractivity contribution in [2.45, 2.75) is 58.5 Å². The fraction of sp³-hybridized carbons (Fsp3) is 0.385. The van der Waals surface area contributed by atoms with Gasteiger partial charge in [0.25, 0.3) is 0 Å². The summed E-state index contributed by atoms with van der Waals surface area (Å²) >= 11 is 7.59. The van der Waals surface area contributed by atoms with Gasteiger partial charge in [-0.3, -0.25) is 4.98 Å². The maximum Gasteiger partial charge on any atom is 0.226 e. The summed E-state index contributed by atoms with van der Waals surface area (Å²) < 4.78 is 22.9. The SMILES string of the molecule is CC(C)N[C@H]1CCN(c2ncc3c4c(c(-c5ncc(Cl)c6sc(N)c(C#N)c56)c(F)c3n2)COC4)[C@H]1C. The number of benzene rings is 1. The largest absolute Gasteiger partial charge is 0.389 e. The average Bonchev–Trinajstić information content (AvgIpc) is 3.58. The molecule has 0 spiro atoms. The molecule has 2 aliphatic heterocycles. The van der Waals surface area contributed by atoms with Crippen LogP contribution in [-0.2, 0) is 18.0 Å². The van der Waals surface area contributed by atoms with Crippen LogP contribution in [0.25, 0.3) is 32.2 Å². The van der Waals surface area contributed by atoms with Gasteiger partial charge in [0, 0.05) is 53.4 Å². The number of nitrogens with two attached hydrogens (primary N) is 1. The zero-order valence-electron chi connectivity index (χ0n) is 20.6. The lowest BCUT2D eigenvalue weighted by Crippen LogP contribution is -2.43. The molecular weight excluding hydrogens is 513 g/mol. The molecule has 2 aliphatic rings. The van der Waals surface area contributed by atoms with E-state index in [0.29, 0.717) is 61.4 Å². The van der Waals surface area contributed by atoms with Crippen molar-refractivity contribution in [1.82, 2.24) is 20.3 Å². The first-order valence-electron chi connectivity index (χ1n) is 12.2. The number of nitrogen functional groups attached to an aromatic ring is 1. The number of thiophene rings is 1. The molecule has 1 aromatic carbocycles. The molecule has 190 valence electrons. The Kier molecular flexibility index (Phi) is 5.92. The van der Waals surface area contributed by atoms with Gasteiger partial charge in [-0.15, -0.1) is 11.3 Å². The summed E-state index contributed by atoms with van der Waals surface area (Å²) in [7, 11) is 0. The van der Waals surface area contributed by atoms with Crippen LogP contribution in [0.5, 0.6) is 0 Å². The number of halogens is 2. The van der Waals surface area contributed by atoms with Gasteiger partial charge in [0.05, 0.1) is 34.2 Å². The number of hydrogen-bond donors (Lipinski definition) is 2. The molecule has 0 amide bonds. The molecule has 0 bridgehead atoms. The maximum absolute atomic E-state index is 16.5. The van der Waals surface area contributed by atoms with Crippen LogP contribution in [0, 0.1) is 17.1 Å². The molecule has 2 atom stereocenters. The molecule has 1 fully saturated rings. The number of aromatic nitrogens is 3. The van der Waals surface area contributed by atoms with E-state index in [-0.39, 0.29) is 29.3 Å². The monoisotopic (exact) mass is 537 g/mol. The van der Waals surface area contributed by atoms with E-state index < -0.39 is 5.82 Å². The number of nitrogens with zero attached hydrogens (tertiary/aromatic N) is 5. The second-order valence-electron chi connectivity index (χ2n) is 9.83. The van der Waals surface area contributed by atoms with Gasteiger partial charge in [0.1, 0.15) is 16.6 Å². The quantitative estimate of drug-likeness (QED) is 0.367. The van der Waals surface area contributed by atoms with E-state index in [4.69, 9.17) is 27.1 Å². The minimum absolute atomic E-state index is 0.157. The van der Waals surface area contributed by atoms with Crippen molar-refractivity contribution in [3.8, 4) is 17.3 Å². The number of ether oxygens (including phenoxy) is 1. The Balaban J connectivity index is 1.57. The topological polar surface area (TPSA) is 113 Å². The zero-order valence-corrected chi connectivity index (χ0v) is 22.2. The standard InChI is InChI=1S/C26H25ClFN7OS/c1-11(2)33-18-4-5-35(12(18)3)26-32-7-14-15-9-36-10-16(15)19(21(28)22(14)34-26)23-20-13(6-29)25(30)37-24(20)17(27)8-31-23/h7-8,11-12,18,33H,4-5,9-10,30H2,1-3H3/t12-,18-/m0/s1. The number of anilines is 2. The third kappa shape index (κ3) is 3.72. The lowest BCUT2D eigenvalue weighted by atomic mass is 9.94. The van der Waals surface area contributed by atoms with E-state index in [2.05, 4.69) is 47.0 Å². The second-order valence-corrected chi connectivity index (χ2v) is 11.3. The van der Waals surface area contributed by atoms with Crippen molar-refractivity contribution in [1.29, 1.82) is 5.26 Å². The number of hydrogen-bond acceptors (Lipinski definition) is 9. The van der Waals surface area contributed by atoms with E-state index in [9.17, 15) is 5.26 Å². The van der Waals surface area contributed by atoms with Crippen molar-refractivity contribution in [2.24, 2.45) is 0 Å². The Bertz CT molecular complexity index is 1620. The normalized spacial score (nSPS) is 19.3. The van der Waals surface area contributed by atoms with Crippen molar-refractivity contribution >= 4 is 54.9 Å². The van der Waals surface area contributed by atoms with Crippen molar-refractivity contribution in [3.63, 3.8) is 0 Å². The van der Waals surface area contributed by atoms with Gasteiger partial charge in [-0.2, -0.15) is 5.26 Å². The van der Waals surface area contributed by atoms with Crippen LogP contribution in [0.4, 0.5) is 15.3 Å². The Morgan fingerprint density at radius 1 is 1.30 bits per heavy atom. The molecule has 4 aromatic rings. The summed E-state index contributed by atoms with van der Waals surface area (Å²) in [4.78, 5) is 16.0. The van der Waals surface area contributed by atoms with Crippen LogP contribution in [-0.4, -0.2) is 39.6 Å². The van der Waals surface area contributed by atoms with Gasteiger partial charge in [-0.1, -0.05) is 25.4 Å². The first kappa shape index (κ1) is 24.2. The molecule has 0 saturated carbocycles. The van der Waals surface area contributed by atoms with E-state index >= 15 is 4.39 Å². The molecular formula is C26H25ClFN7OS. The summed E-state index contributed by atoms with van der Waals surface area (Å²) in [5, 5.41) is 15.2. The predicted molar refractivity (Wildman–Crippen MR) is 144 cm³/mol. The molecule has 0 radical (unpaired) electrons. The van der Waals surface area contributed by atoms with Crippen LogP contribution in [0.1, 0.15) is 43.9 Å². The first-order valence-corrected chi connectivity index (χ1v) is 13.4. The Morgan fingerprint density at radius 3 is 2.84 bits per heavy atom. The summed E-state index contributed by atoms with van der Waals surface area (Å²) in [6, 6.07) is 2.96. The lowest BCUT2D eigenvalue weighted by Gasteiger charge is -2.26. The number of rotatable bonds is 4. The van der Waals surface area contributed by atoms with Crippen molar-refractivity contribution in [3.05, 3.63) is 39.9 Å². The van der Waals surface area contributed by atoms with Crippen molar-refractivity contribution in [2.75, 3.05) is 17.2 Å². The summed E-state index contributed by atoms with van der Waals surface area (Å²) in [6.45, 7) is 7.70. The smallest absolute Gasteiger partial charge is 0.226 e. The summed E-state index contributed by atoms with van der Waals surface area (Å²) in [5.74, 6) is -0.0279. The highest BCUT2D eigenvalue weighted by Crippen LogP contribution is 2.46. The number of fused-ring (bicyclic) bond motifs is 4. The highest BCUT2D eigenvalue weighted by atomic mass is 35.5. The van der Waals surface area contributed by atoms with E-state index in [1.807, 2.05) is 0 Å². The predicted octanol–water partition coefficient (Wildman–Crippen LogP) is 5.15.